The van der Waals surface area contributed by atoms with E-state index in [4.69, 9.17) is 0 Å². The van der Waals surface area contributed by atoms with Crippen molar-refractivity contribution < 1.29 is 4.79 Å². The van der Waals surface area contributed by atoms with Crippen LogP contribution >= 0.6 is 11.3 Å². The molecule has 0 saturated heterocycles. The van der Waals surface area contributed by atoms with Crippen molar-refractivity contribution in [2.24, 2.45) is 5.10 Å². The molecular formula is C24H31N5OS. The Morgan fingerprint density at radius 3 is 2.68 bits per heavy atom. The quantitative estimate of drug-likeness (QED) is 0.252. The number of imidazole rings is 1. The fraction of sp³-hybridized carbons (Fsp3) is 0.292. The van der Waals surface area contributed by atoms with Gasteiger partial charge in [-0.3, -0.25) is 10.2 Å². The van der Waals surface area contributed by atoms with E-state index < -0.39 is 0 Å². The van der Waals surface area contributed by atoms with E-state index in [9.17, 15) is 4.79 Å². The fourth-order valence-electron chi connectivity index (χ4n) is 2.66. The molecule has 0 bridgehead atoms. The number of hydrogen-bond donors (Lipinski definition) is 3. The maximum Gasteiger partial charge on any atom is 0.251 e. The van der Waals surface area contributed by atoms with Crippen molar-refractivity contribution in [3.63, 3.8) is 0 Å². The molecule has 7 heteroatoms. The molecule has 0 aliphatic heterocycles. The van der Waals surface area contributed by atoms with E-state index in [1.165, 1.54) is 10.4 Å². The summed E-state index contributed by atoms with van der Waals surface area (Å²) in [4.78, 5) is 21.6. The van der Waals surface area contributed by atoms with Crippen molar-refractivity contribution in [1.29, 1.82) is 0 Å². The first-order chi connectivity index (χ1) is 14.9. The highest BCUT2D eigenvalue weighted by atomic mass is 32.1. The number of rotatable bonds is 7. The van der Waals surface area contributed by atoms with Crippen LogP contribution in [0, 0.1) is 6.92 Å². The molecule has 0 atom stereocenters. The number of aromatic amines is 1. The minimum Gasteiger partial charge on any atom is -0.347 e. The number of benzene rings is 1. The number of hydrazone groups is 1. The van der Waals surface area contributed by atoms with Gasteiger partial charge in [-0.2, -0.15) is 5.10 Å². The molecule has 0 saturated carbocycles. The fourth-order valence-corrected chi connectivity index (χ4v) is 3.50. The first-order valence-electron chi connectivity index (χ1n) is 10.3. The van der Waals surface area contributed by atoms with Gasteiger partial charge in [0, 0.05) is 16.1 Å². The van der Waals surface area contributed by atoms with Gasteiger partial charge in [0.2, 0.25) is 0 Å². The van der Waals surface area contributed by atoms with Crippen LogP contribution in [0.3, 0.4) is 0 Å². The highest BCUT2D eigenvalue weighted by Gasteiger charge is 2.12. The van der Waals surface area contributed by atoms with E-state index in [0.717, 1.165) is 28.9 Å². The summed E-state index contributed by atoms with van der Waals surface area (Å²) in [5, 5.41) is 9.45. The summed E-state index contributed by atoms with van der Waals surface area (Å²) in [6.07, 6.45) is 4.44. The average Bonchev–Trinajstić information content (AvgIpc) is 3.37. The lowest BCUT2D eigenvalue weighted by Gasteiger charge is -2.04. The Bertz CT molecular complexity index is 1090. The SMILES string of the molecule is C/C=C(\C)N/N=C(\CC)c1nc2ccc(C(=O)NCc3sccc3C)cc2[nH]1.C=CC. The molecule has 3 aromatic rings. The topological polar surface area (TPSA) is 82.2 Å². The van der Waals surface area contributed by atoms with Gasteiger partial charge >= 0.3 is 0 Å². The lowest BCUT2D eigenvalue weighted by Crippen LogP contribution is -2.22. The van der Waals surface area contributed by atoms with Gasteiger partial charge < -0.3 is 10.3 Å². The zero-order valence-corrected chi connectivity index (χ0v) is 19.7. The van der Waals surface area contributed by atoms with Crippen molar-refractivity contribution in [3.8, 4) is 0 Å². The molecule has 164 valence electrons. The molecule has 0 aliphatic carbocycles. The van der Waals surface area contributed by atoms with Crippen LogP contribution in [0.25, 0.3) is 11.0 Å². The van der Waals surface area contributed by atoms with E-state index in [1.807, 2.05) is 51.3 Å². The maximum absolute atomic E-state index is 12.5. The van der Waals surface area contributed by atoms with E-state index in [2.05, 4.69) is 45.4 Å². The predicted octanol–water partition coefficient (Wildman–Crippen LogP) is 5.68. The second kappa shape index (κ2) is 11.9. The molecule has 0 fully saturated rings. The molecule has 2 aromatic heterocycles. The standard InChI is InChI=1S/C21H25N5OS.C3H6/c1-5-14(4)25-26-16(6-2)20-23-17-8-7-15(11-18(17)24-20)21(27)22-12-19-13(3)9-10-28-19;1-3-2/h5,7-11,25H,6,12H2,1-4H3,(H,22,27)(H,23,24);3H,1H2,2H3/b14-5+,26-16+;. The highest BCUT2D eigenvalue weighted by molar-refractivity contribution is 7.10. The smallest absolute Gasteiger partial charge is 0.251 e. The molecular weight excluding hydrogens is 406 g/mol. The molecule has 31 heavy (non-hydrogen) atoms. The van der Waals surface area contributed by atoms with Crippen LogP contribution in [0.2, 0.25) is 0 Å². The molecule has 3 rings (SSSR count). The monoisotopic (exact) mass is 437 g/mol. The molecule has 0 aliphatic rings. The summed E-state index contributed by atoms with van der Waals surface area (Å²) in [5.74, 6) is 0.612. The van der Waals surface area contributed by atoms with E-state index in [0.29, 0.717) is 17.9 Å². The number of H-pyrrole nitrogens is 1. The number of fused-ring (bicyclic) bond motifs is 1. The number of nitrogens with one attached hydrogen (secondary N) is 3. The third-order valence-electron chi connectivity index (χ3n) is 4.53. The highest BCUT2D eigenvalue weighted by Crippen LogP contribution is 2.17. The number of hydrogen-bond acceptors (Lipinski definition) is 5. The second-order valence-electron chi connectivity index (χ2n) is 6.93. The summed E-state index contributed by atoms with van der Waals surface area (Å²) in [5.41, 5.74) is 8.26. The van der Waals surface area contributed by atoms with E-state index in [1.54, 1.807) is 23.5 Å². The van der Waals surface area contributed by atoms with Gasteiger partial charge in [-0.25, -0.2) is 4.98 Å². The Labute approximate surface area is 188 Å². The molecule has 0 radical (unpaired) electrons. The second-order valence-corrected chi connectivity index (χ2v) is 7.93. The largest absolute Gasteiger partial charge is 0.347 e. The molecule has 1 amide bonds. The number of nitrogens with zero attached hydrogens (tertiary/aromatic N) is 2. The van der Waals surface area contributed by atoms with Crippen molar-refractivity contribution in [3.05, 3.63) is 75.9 Å². The maximum atomic E-state index is 12.5. The van der Waals surface area contributed by atoms with E-state index in [-0.39, 0.29) is 5.91 Å². The number of thiophene rings is 1. The number of carbonyl (C=O) groups excluding carboxylic acids is 1. The Morgan fingerprint density at radius 2 is 2.06 bits per heavy atom. The van der Waals surface area contributed by atoms with Crippen LogP contribution < -0.4 is 10.7 Å². The lowest BCUT2D eigenvalue weighted by atomic mass is 10.2. The predicted molar refractivity (Wildman–Crippen MR) is 132 cm³/mol. The molecule has 2 heterocycles. The first-order valence-corrected chi connectivity index (χ1v) is 11.1. The van der Waals surface area contributed by atoms with Crippen LogP contribution in [0.4, 0.5) is 0 Å². The van der Waals surface area contributed by atoms with Gasteiger partial charge in [-0.05, 0) is 69.3 Å². The van der Waals surface area contributed by atoms with E-state index >= 15 is 0 Å². The van der Waals surface area contributed by atoms with Gasteiger partial charge in [-0.15, -0.1) is 17.9 Å². The van der Waals surface area contributed by atoms with Crippen LogP contribution in [0.5, 0.6) is 0 Å². The minimum absolute atomic E-state index is 0.0967. The zero-order chi connectivity index (χ0) is 22.8. The Hall–Kier alpha value is -3.19. The first kappa shape index (κ1) is 24.1. The minimum atomic E-state index is -0.0967. The Morgan fingerprint density at radius 1 is 1.32 bits per heavy atom. The van der Waals surface area contributed by atoms with Gasteiger partial charge in [0.05, 0.1) is 17.6 Å². The summed E-state index contributed by atoms with van der Waals surface area (Å²) in [6, 6.07) is 7.55. The summed E-state index contributed by atoms with van der Waals surface area (Å²) in [6.45, 7) is 13.8. The lowest BCUT2D eigenvalue weighted by molar-refractivity contribution is 0.0951. The Kier molecular flexibility index (Phi) is 9.21. The van der Waals surface area contributed by atoms with Gasteiger partial charge in [0.25, 0.3) is 5.91 Å². The number of carbonyl (C=O) groups is 1. The van der Waals surface area contributed by atoms with Crippen molar-refractivity contribution in [2.45, 2.75) is 47.6 Å². The number of amides is 1. The molecule has 1 aromatic carbocycles. The molecule has 0 unspecified atom stereocenters. The third kappa shape index (κ3) is 6.65. The van der Waals surface area contributed by atoms with Crippen molar-refractivity contribution in [1.82, 2.24) is 20.7 Å². The van der Waals surface area contributed by atoms with Crippen molar-refractivity contribution in [2.75, 3.05) is 0 Å². The number of allylic oxidation sites excluding steroid dienone is 3. The normalized spacial score (nSPS) is 11.6. The van der Waals surface area contributed by atoms with Gasteiger partial charge in [0.15, 0.2) is 5.82 Å². The third-order valence-corrected chi connectivity index (χ3v) is 5.55. The Balaban J connectivity index is 0.00000107. The van der Waals surface area contributed by atoms with Crippen LogP contribution in [0.15, 0.2) is 59.2 Å². The summed E-state index contributed by atoms with van der Waals surface area (Å²) < 4.78 is 0. The van der Waals surface area contributed by atoms with Gasteiger partial charge in [-0.1, -0.05) is 19.1 Å². The average molecular weight is 438 g/mol. The summed E-state index contributed by atoms with van der Waals surface area (Å²) >= 11 is 1.65. The van der Waals surface area contributed by atoms with Crippen LogP contribution in [0.1, 0.15) is 60.7 Å². The zero-order valence-electron chi connectivity index (χ0n) is 18.9. The molecule has 3 N–H and O–H groups in total. The van der Waals surface area contributed by atoms with Gasteiger partial charge in [0.1, 0.15) is 5.71 Å². The van der Waals surface area contributed by atoms with Crippen LogP contribution in [-0.4, -0.2) is 21.6 Å². The molecule has 0 spiro atoms. The number of aromatic nitrogens is 2. The van der Waals surface area contributed by atoms with Crippen molar-refractivity contribution >= 4 is 34.0 Å². The molecule has 6 nitrogen and oxygen atoms in total. The number of aryl methyl sites for hydroxylation is 1. The summed E-state index contributed by atoms with van der Waals surface area (Å²) in [7, 11) is 0. The van der Waals surface area contributed by atoms with Crippen LogP contribution in [-0.2, 0) is 6.54 Å².